The number of hydrogen-bond acceptors (Lipinski definition) is 2. The zero-order valence-corrected chi connectivity index (χ0v) is 8.12. The monoisotopic (exact) mass is 179 g/mol. The van der Waals surface area contributed by atoms with Gasteiger partial charge in [0.1, 0.15) is 0 Å². The molecule has 0 aliphatic heterocycles. The van der Waals surface area contributed by atoms with Crippen molar-refractivity contribution in [2.45, 2.75) is 26.4 Å². The van der Waals surface area contributed by atoms with Crippen LogP contribution in [0.25, 0.3) is 0 Å². The van der Waals surface area contributed by atoms with Crippen molar-refractivity contribution < 1.29 is 4.74 Å². The minimum atomic E-state index is 0.632. The Bertz CT molecular complexity index is 248. The highest BCUT2D eigenvalue weighted by atomic mass is 16.5. The summed E-state index contributed by atoms with van der Waals surface area (Å²) in [5, 5.41) is 0. The second-order valence-electron chi connectivity index (χ2n) is 3.10. The molecule has 1 rings (SSSR count). The molecule has 2 N–H and O–H groups in total. The van der Waals surface area contributed by atoms with Gasteiger partial charge in [-0.15, -0.1) is 0 Å². The van der Waals surface area contributed by atoms with Crippen LogP contribution in [0.15, 0.2) is 24.3 Å². The first kappa shape index (κ1) is 10.1. The van der Waals surface area contributed by atoms with Crippen LogP contribution in [-0.2, 0) is 11.3 Å². The number of unbranched alkanes of at least 4 members (excludes halogenated alkanes) is 1. The minimum absolute atomic E-state index is 0.632. The van der Waals surface area contributed by atoms with Crippen molar-refractivity contribution >= 4 is 5.69 Å². The zero-order valence-electron chi connectivity index (χ0n) is 8.12. The van der Waals surface area contributed by atoms with Crippen molar-refractivity contribution in [3.63, 3.8) is 0 Å². The lowest BCUT2D eigenvalue weighted by molar-refractivity contribution is 0.118. The first-order valence-electron chi connectivity index (χ1n) is 4.75. The Hall–Kier alpha value is -1.02. The summed E-state index contributed by atoms with van der Waals surface area (Å²) in [6.45, 7) is 3.61. The number of rotatable bonds is 5. The SMILES string of the molecule is CCCCOCc1ccccc1N. The highest BCUT2D eigenvalue weighted by Crippen LogP contribution is 2.11. The molecule has 0 fully saturated rings. The third-order valence-corrected chi connectivity index (χ3v) is 1.95. The van der Waals surface area contributed by atoms with Crippen molar-refractivity contribution in [1.82, 2.24) is 0 Å². The maximum Gasteiger partial charge on any atom is 0.0736 e. The number of nitrogens with two attached hydrogens (primary N) is 1. The molecule has 1 aromatic carbocycles. The van der Waals surface area contributed by atoms with Crippen LogP contribution < -0.4 is 5.73 Å². The topological polar surface area (TPSA) is 35.2 Å². The molecule has 0 saturated carbocycles. The molecular weight excluding hydrogens is 162 g/mol. The predicted octanol–water partition coefficient (Wildman–Crippen LogP) is 2.59. The molecule has 0 heterocycles. The maximum atomic E-state index is 5.76. The van der Waals surface area contributed by atoms with Gasteiger partial charge in [-0.2, -0.15) is 0 Å². The van der Waals surface area contributed by atoms with Gasteiger partial charge in [-0.1, -0.05) is 31.5 Å². The van der Waals surface area contributed by atoms with Crippen molar-refractivity contribution in [2.75, 3.05) is 12.3 Å². The van der Waals surface area contributed by atoms with Gasteiger partial charge in [-0.05, 0) is 12.5 Å². The zero-order chi connectivity index (χ0) is 9.52. The van der Waals surface area contributed by atoms with Crippen molar-refractivity contribution in [2.24, 2.45) is 0 Å². The smallest absolute Gasteiger partial charge is 0.0736 e. The summed E-state index contributed by atoms with van der Waals surface area (Å²) in [4.78, 5) is 0. The average Bonchev–Trinajstić information content (AvgIpc) is 2.15. The lowest BCUT2D eigenvalue weighted by Crippen LogP contribution is -1.98. The molecule has 0 radical (unpaired) electrons. The number of hydrogen-bond donors (Lipinski definition) is 1. The fraction of sp³-hybridized carbons (Fsp3) is 0.455. The molecule has 0 unspecified atom stereocenters. The fourth-order valence-corrected chi connectivity index (χ4v) is 1.09. The molecular formula is C11H17NO. The molecule has 0 bridgehead atoms. The molecule has 2 nitrogen and oxygen atoms in total. The van der Waals surface area contributed by atoms with Crippen LogP contribution in [0.2, 0.25) is 0 Å². The standard InChI is InChI=1S/C11H17NO/c1-2-3-8-13-9-10-6-4-5-7-11(10)12/h4-7H,2-3,8-9,12H2,1H3. The van der Waals surface area contributed by atoms with Crippen molar-refractivity contribution in [3.8, 4) is 0 Å². The Morgan fingerprint density at radius 1 is 1.31 bits per heavy atom. The summed E-state index contributed by atoms with van der Waals surface area (Å²) < 4.78 is 5.46. The number of para-hydroxylation sites is 1. The van der Waals surface area contributed by atoms with E-state index >= 15 is 0 Å². The fourth-order valence-electron chi connectivity index (χ4n) is 1.09. The summed E-state index contributed by atoms with van der Waals surface area (Å²) in [5.74, 6) is 0. The number of benzene rings is 1. The molecule has 1 aromatic rings. The van der Waals surface area contributed by atoms with E-state index in [1.165, 1.54) is 6.42 Å². The van der Waals surface area contributed by atoms with Crippen LogP contribution in [0.4, 0.5) is 5.69 Å². The molecule has 2 heteroatoms. The Morgan fingerprint density at radius 2 is 2.08 bits per heavy atom. The summed E-state index contributed by atoms with van der Waals surface area (Å²) in [6.07, 6.45) is 2.29. The van der Waals surface area contributed by atoms with E-state index in [4.69, 9.17) is 10.5 Å². The average molecular weight is 179 g/mol. The lowest BCUT2D eigenvalue weighted by atomic mass is 10.2. The highest BCUT2D eigenvalue weighted by molar-refractivity contribution is 5.45. The largest absolute Gasteiger partial charge is 0.398 e. The van der Waals surface area contributed by atoms with Gasteiger partial charge in [0, 0.05) is 17.9 Å². The molecule has 13 heavy (non-hydrogen) atoms. The van der Waals surface area contributed by atoms with Gasteiger partial charge in [0.25, 0.3) is 0 Å². The van der Waals surface area contributed by atoms with Crippen LogP contribution in [0, 0.1) is 0 Å². The molecule has 0 amide bonds. The van der Waals surface area contributed by atoms with Gasteiger partial charge in [0.2, 0.25) is 0 Å². The second-order valence-corrected chi connectivity index (χ2v) is 3.10. The Kier molecular flexibility index (Phi) is 4.33. The van der Waals surface area contributed by atoms with E-state index in [0.29, 0.717) is 6.61 Å². The van der Waals surface area contributed by atoms with Gasteiger partial charge >= 0.3 is 0 Å². The molecule has 0 aliphatic carbocycles. The van der Waals surface area contributed by atoms with Crippen LogP contribution in [0.5, 0.6) is 0 Å². The Morgan fingerprint density at radius 3 is 2.77 bits per heavy atom. The van der Waals surface area contributed by atoms with Gasteiger partial charge in [0.05, 0.1) is 6.61 Å². The third-order valence-electron chi connectivity index (χ3n) is 1.95. The highest BCUT2D eigenvalue weighted by Gasteiger charge is 1.96. The quantitative estimate of drug-likeness (QED) is 0.557. The van der Waals surface area contributed by atoms with Gasteiger partial charge < -0.3 is 10.5 Å². The second kappa shape index (κ2) is 5.60. The van der Waals surface area contributed by atoms with Gasteiger partial charge in [0.15, 0.2) is 0 Å². The van der Waals surface area contributed by atoms with E-state index < -0.39 is 0 Å². The van der Waals surface area contributed by atoms with E-state index in [1.807, 2.05) is 24.3 Å². The van der Waals surface area contributed by atoms with Gasteiger partial charge in [-0.25, -0.2) is 0 Å². The summed E-state index contributed by atoms with van der Waals surface area (Å²) in [7, 11) is 0. The molecule has 0 aliphatic rings. The van der Waals surface area contributed by atoms with Crippen molar-refractivity contribution in [1.29, 1.82) is 0 Å². The summed E-state index contributed by atoms with van der Waals surface area (Å²) in [5.41, 5.74) is 7.66. The van der Waals surface area contributed by atoms with Crippen molar-refractivity contribution in [3.05, 3.63) is 29.8 Å². The van der Waals surface area contributed by atoms with Gasteiger partial charge in [-0.3, -0.25) is 0 Å². The molecule has 0 atom stereocenters. The summed E-state index contributed by atoms with van der Waals surface area (Å²) >= 11 is 0. The van der Waals surface area contributed by atoms with E-state index in [1.54, 1.807) is 0 Å². The van der Waals surface area contributed by atoms with E-state index in [0.717, 1.165) is 24.3 Å². The number of nitrogen functional groups attached to an aromatic ring is 1. The number of anilines is 1. The van der Waals surface area contributed by atoms with Crippen LogP contribution in [0.1, 0.15) is 25.3 Å². The maximum absolute atomic E-state index is 5.76. The van der Waals surface area contributed by atoms with Crippen LogP contribution >= 0.6 is 0 Å². The molecule has 72 valence electrons. The third kappa shape index (κ3) is 3.47. The first-order chi connectivity index (χ1) is 6.34. The first-order valence-corrected chi connectivity index (χ1v) is 4.75. The summed E-state index contributed by atoms with van der Waals surface area (Å²) in [6, 6.07) is 7.82. The van der Waals surface area contributed by atoms with E-state index in [9.17, 15) is 0 Å². The van der Waals surface area contributed by atoms with Crippen LogP contribution in [0.3, 0.4) is 0 Å². The minimum Gasteiger partial charge on any atom is -0.398 e. The Labute approximate surface area is 79.7 Å². The molecule has 0 spiro atoms. The number of ether oxygens (including phenoxy) is 1. The Balaban J connectivity index is 2.32. The van der Waals surface area contributed by atoms with E-state index in [2.05, 4.69) is 6.92 Å². The predicted molar refractivity (Wildman–Crippen MR) is 55.4 cm³/mol. The van der Waals surface area contributed by atoms with Crippen LogP contribution in [-0.4, -0.2) is 6.61 Å². The lowest BCUT2D eigenvalue weighted by Gasteiger charge is -2.05. The molecule has 0 saturated heterocycles. The normalized spacial score (nSPS) is 10.2. The molecule has 0 aromatic heterocycles. The van der Waals surface area contributed by atoms with E-state index in [-0.39, 0.29) is 0 Å².